The van der Waals surface area contributed by atoms with Gasteiger partial charge < -0.3 is 4.98 Å². The topological polar surface area (TPSA) is 84.0 Å². The van der Waals surface area contributed by atoms with Gasteiger partial charge in [0.05, 0.1) is 26.0 Å². The van der Waals surface area contributed by atoms with Crippen LogP contribution in [0.2, 0.25) is 10.0 Å². The molecule has 6 nitrogen and oxygen atoms in total. The highest BCUT2D eigenvalue weighted by Gasteiger charge is 2.15. The number of nitrogens with zero attached hydrogens (tertiary/aromatic N) is 1. The van der Waals surface area contributed by atoms with Gasteiger partial charge in [0.1, 0.15) is 0 Å². The lowest BCUT2D eigenvalue weighted by atomic mass is 10.3. The Morgan fingerprint density at radius 2 is 1.83 bits per heavy atom. The Morgan fingerprint density at radius 3 is 2.58 bits per heavy atom. The van der Waals surface area contributed by atoms with E-state index in [4.69, 9.17) is 23.2 Å². The van der Waals surface area contributed by atoms with Crippen molar-refractivity contribution in [2.75, 3.05) is 6.54 Å². The minimum absolute atomic E-state index is 0.0168. The minimum Gasteiger partial charge on any atom is -0.306 e. The Bertz CT molecular complexity index is 1060. The van der Waals surface area contributed by atoms with Gasteiger partial charge in [-0.05, 0) is 30.3 Å². The molecule has 0 radical (unpaired) electrons. The van der Waals surface area contributed by atoms with Gasteiger partial charge >= 0.3 is 5.69 Å². The second-order valence-corrected chi connectivity index (χ2v) is 7.65. The number of rotatable bonds is 5. The summed E-state index contributed by atoms with van der Waals surface area (Å²) in [7, 11) is -3.74. The maximum atomic E-state index is 12.3. The van der Waals surface area contributed by atoms with E-state index in [0.717, 1.165) is 5.52 Å². The van der Waals surface area contributed by atoms with Gasteiger partial charge in [-0.15, -0.1) is 0 Å². The number of hydrogen-bond donors (Lipinski definition) is 2. The predicted octanol–water partition coefficient (Wildman–Crippen LogP) is 2.61. The summed E-state index contributed by atoms with van der Waals surface area (Å²) in [6.45, 7) is 0.258. The Morgan fingerprint density at radius 1 is 1.08 bits per heavy atom. The van der Waals surface area contributed by atoms with E-state index in [1.54, 1.807) is 12.1 Å². The molecule has 0 fully saturated rings. The fourth-order valence-electron chi connectivity index (χ4n) is 2.35. The number of aromatic amines is 1. The molecule has 24 heavy (non-hydrogen) atoms. The molecular formula is C15H13Cl2N3O3S. The maximum absolute atomic E-state index is 12.3. The molecule has 1 heterocycles. The van der Waals surface area contributed by atoms with Gasteiger partial charge in [-0.1, -0.05) is 35.3 Å². The smallest absolute Gasteiger partial charge is 0.306 e. The molecule has 3 aromatic rings. The van der Waals surface area contributed by atoms with Crippen LogP contribution in [-0.4, -0.2) is 24.5 Å². The first kappa shape index (κ1) is 17.0. The number of hydrogen-bond acceptors (Lipinski definition) is 3. The van der Waals surface area contributed by atoms with Gasteiger partial charge in [-0.3, -0.25) is 4.57 Å². The molecule has 0 aliphatic rings. The van der Waals surface area contributed by atoms with Crippen LogP contribution in [0.4, 0.5) is 0 Å². The zero-order valence-corrected chi connectivity index (χ0v) is 14.6. The molecule has 0 saturated heterocycles. The number of H-pyrrole nitrogens is 1. The molecule has 0 saturated carbocycles. The summed E-state index contributed by atoms with van der Waals surface area (Å²) >= 11 is 11.6. The third-order valence-electron chi connectivity index (χ3n) is 3.51. The van der Waals surface area contributed by atoms with Crippen molar-refractivity contribution >= 4 is 44.3 Å². The summed E-state index contributed by atoms with van der Waals surface area (Å²) in [5.74, 6) is 0. The highest BCUT2D eigenvalue weighted by atomic mass is 35.5. The standard InChI is InChI=1S/C15H13Cl2N3O3S/c16-11-6-5-10(9-12(11)17)24(22,23)18-7-8-20-14-4-2-1-3-13(14)19-15(20)21/h1-6,9,18H,7-8H2,(H,19,21). The molecule has 0 atom stereocenters. The van der Waals surface area contributed by atoms with Crippen molar-refractivity contribution in [1.82, 2.24) is 14.3 Å². The molecule has 3 rings (SSSR count). The van der Waals surface area contributed by atoms with E-state index in [0.29, 0.717) is 5.52 Å². The molecular weight excluding hydrogens is 373 g/mol. The first-order valence-corrected chi connectivity index (χ1v) is 9.25. The van der Waals surface area contributed by atoms with Crippen LogP contribution in [0.1, 0.15) is 0 Å². The van der Waals surface area contributed by atoms with Gasteiger partial charge in [-0.25, -0.2) is 17.9 Å². The second-order valence-electron chi connectivity index (χ2n) is 5.07. The Kier molecular flexibility index (Phi) is 4.69. The van der Waals surface area contributed by atoms with Crippen LogP contribution < -0.4 is 10.4 Å². The Balaban J connectivity index is 1.76. The number of halogens is 2. The summed E-state index contributed by atoms with van der Waals surface area (Å²) in [5.41, 5.74) is 1.14. The Labute approximate surface area is 148 Å². The fourth-order valence-corrected chi connectivity index (χ4v) is 3.76. The first-order valence-electron chi connectivity index (χ1n) is 7.01. The molecule has 2 aromatic carbocycles. The quantitative estimate of drug-likeness (QED) is 0.707. The Hall–Kier alpha value is -1.80. The molecule has 0 aliphatic carbocycles. The number of para-hydroxylation sites is 2. The van der Waals surface area contributed by atoms with E-state index in [9.17, 15) is 13.2 Å². The van der Waals surface area contributed by atoms with Crippen molar-refractivity contribution in [3.63, 3.8) is 0 Å². The van der Waals surface area contributed by atoms with Crippen LogP contribution >= 0.6 is 23.2 Å². The summed E-state index contributed by atoms with van der Waals surface area (Å²) < 4.78 is 28.5. The monoisotopic (exact) mass is 385 g/mol. The van der Waals surface area contributed by atoms with Crippen molar-refractivity contribution in [3.05, 3.63) is 63.0 Å². The lowest BCUT2D eigenvalue weighted by Crippen LogP contribution is -2.30. The van der Waals surface area contributed by atoms with Gasteiger partial charge in [0.2, 0.25) is 10.0 Å². The van der Waals surface area contributed by atoms with E-state index >= 15 is 0 Å². The fraction of sp³-hybridized carbons (Fsp3) is 0.133. The van der Waals surface area contributed by atoms with Gasteiger partial charge in [0.15, 0.2) is 0 Å². The number of nitrogens with one attached hydrogen (secondary N) is 2. The molecule has 0 aliphatic heterocycles. The van der Waals surface area contributed by atoms with Gasteiger partial charge in [-0.2, -0.15) is 0 Å². The first-order chi connectivity index (χ1) is 11.4. The number of aromatic nitrogens is 2. The average molecular weight is 386 g/mol. The molecule has 9 heteroatoms. The van der Waals surface area contributed by atoms with E-state index in [1.807, 2.05) is 12.1 Å². The molecule has 0 amide bonds. The van der Waals surface area contributed by atoms with Gasteiger partial charge in [0.25, 0.3) is 0 Å². The van der Waals surface area contributed by atoms with Crippen LogP contribution in [0, 0.1) is 0 Å². The second kappa shape index (κ2) is 6.60. The minimum atomic E-state index is -3.74. The van der Waals surface area contributed by atoms with Crippen molar-refractivity contribution in [2.45, 2.75) is 11.4 Å². The molecule has 0 unspecified atom stereocenters. The van der Waals surface area contributed by atoms with E-state index in [2.05, 4.69) is 9.71 Å². The van der Waals surface area contributed by atoms with Gasteiger partial charge in [0, 0.05) is 13.1 Å². The summed E-state index contributed by atoms with van der Waals surface area (Å²) in [5, 5.41) is 0.438. The highest BCUT2D eigenvalue weighted by molar-refractivity contribution is 7.89. The van der Waals surface area contributed by atoms with Crippen LogP contribution in [0.25, 0.3) is 11.0 Å². The van der Waals surface area contributed by atoms with Crippen LogP contribution in [0.3, 0.4) is 0 Å². The van der Waals surface area contributed by atoms with E-state index < -0.39 is 10.0 Å². The number of sulfonamides is 1. The van der Waals surface area contributed by atoms with E-state index in [-0.39, 0.29) is 33.7 Å². The van der Waals surface area contributed by atoms with Crippen LogP contribution in [-0.2, 0) is 16.6 Å². The third-order valence-corrected chi connectivity index (χ3v) is 5.71. The van der Waals surface area contributed by atoms with Crippen molar-refractivity contribution < 1.29 is 8.42 Å². The maximum Gasteiger partial charge on any atom is 0.326 e. The molecule has 126 valence electrons. The number of benzene rings is 2. The predicted molar refractivity (Wildman–Crippen MR) is 94.2 cm³/mol. The largest absolute Gasteiger partial charge is 0.326 e. The van der Waals surface area contributed by atoms with Crippen molar-refractivity contribution in [2.24, 2.45) is 0 Å². The van der Waals surface area contributed by atoms with Crippen LogP contribution in [0.15, 0.2) is 52.2 Å². The summed E-state index contributed by atoms with van der Waals surface area (Å²) in [4.78, 5) is 14.7. The molecule has 0 bridgehead atoms. The van der Waals surface area contributed by atoms with E-state index in [1.165, 1.54) is 22.8 Å². The SMILES string of the molecule is O=c1[nH]c2ccccc2n1CCNS(=O)(=O)c1ccc(Cl)c(Cl)c1. The molecule has 2 N–H and O–H groups in total. The lowest BCUT2D eigenvalue weighted by Gasteiger charge is -2.08. The number of fused-ring (bicyclic) bond motifs is 1. The van der Waals surface area contributed by atoms with Crippen molar-refractivity contribution in [1.29, 1.82) is 0 Å². The molecule has 0 spiro atoms. The summed E-state index contributed by atoms with van der Waals surface area (Å²) in [6.07, 6.45) is 0. The third kappa shape index (κ3) is 3.34. The lowest BCUT2D eigenvalue weighted by molar-refractivity contribution is 0.572. The van der Waals surface area contributed by atoms with Crippen molar-refractivity contribution in [3.8, 4) is 0 Å². The highest BCUT2D eigenvalue weighted by Crippen LogP contribution is 2.24. The molecule has 1 aromatic heterocycles. The average Bonchev–Trinajstić information content (AvgIpc) is 2.86. The number of imidazole rings is 1. The zero-order chi connectivity index (χ0) is 17.3. The summed E-state index contributed by atoms with van der Waals surface area (Å²) in [6, 6.07) is 11.3. The normalized spacial score (nSPS) is 11.9. The van der Waals surface area contributed by atoms with Crippen LogP contribution in [0.5, 0.6) is 0 Å². The zero-order valence-electron chi connectivity index (χ0n) is 12.3.